The van der Waals surface area contributed by atoms with Crippen LogP contribution < -0.4 is 0 Å². The Kier molecular flexibility index (Phi) is 7.28. The highest BCUT2D eigenvalue weighted by molar-refractivity contribution is 7.12. The normalized spacial score (nSPS) is 14.9. The maximum absolute atomic E-state index is 3.46. The second-order valence-electron chi connectivity index (χ2n) is 11.2. The van der Waals surface area contributed by atoms with E-state index in [1.807, 2.05) is 22.7 Å². The fourth-order valence-electron chi connectivity index (χ4n) is 4.76. The Bertz CT molecular complexity index is 982. The van der Waals surface area contributed by atoms with Gasteiger partial charge < -0.3 is 4.98 Å². The van der Waals surface area contributed by atoms with Crippen molar-refractivity contribution in [1.29, 1.82) is 0 Å². The first-order valence-corrected chi connectivity index (χ1v) is 13.4. The van der Waals surface area contributed by atoms with Crippen LogP contribution in [0.25, 0.3) is 0 Å². The highest BCUT2D eigenvalue weighted by atomic mass is 32.1. The summed E-state index contributed by atoms with van der Waals surface area (Å²) < 4.78 is 0. The number of nitrogens with one attached hydrogen (secondary N) is 1. The standard InChI is InChI=1S/C28H41NS2/c1-18(2)25-13-22(17-30-25)27(6,7)15-21(5)24-10-11-26(31-24)28(8,9)14-20(4)23-12-19(3)16-29-23/h10-13,16-18,20-21,29H,14-15H2,1-9H3. The van der Waals surface area contributed by atoms with Gasteiger partial charge in [0.1, 0.15) is 0 Å². The zero-order chi connectivity index (χ0) is 23.0. The molecule has 0 spiro atoms. The molecule has 0 saturated carbocycles. The molecule has 2 atom stereocenters. The van der Waals surface area contributed by atoms with Gasteiger partial charge in [-0.2, -0.15) is 0 Å². The van der Waals surface area contributed by atoms with Crippen molar-refractivity contribution in [3.05, 3.63) is 67.3 Å². The third kappa shape index (κ3) is 5.73. The Morgan fingerprint density at radius 3 is 2.13 bits per heavy atom. The predicted molar refractivity (Wildman–Crippen MR) is 140 cm³/mol. The molecule has 0 aliphatic heterocycles. The molecule has 3 heteroatoms. The molecule has 0 aliphatic carbocycles. The molecule has 0 amide bonds. The number of aromatic amines is 1. The third-order valence-corrected chi connectivity index (χ3v) is 9.68. The molecule has 3 aromatic heterocycles. The molecule has 0 aromatic carbocycles. The molecule has 3 aromatic rings. The van der Waals surface area contributed by atoms with E-state index < -0.39 is 0 Å². The van der Waals surface area contributed by atoms with E-state index in [1.165, 1.54) is 37.9 Å². The summed E-state index contributed by atoms with van der Waals surface area (Å²) in [4.78, 5) is 8.00. The van der Waals surface area contributed by atoms with Crippen molar-refractivity contribution >= 4 is 22.7 Å². The van der Waals surface area contributed by atoms with Gasteiger partial charge >= 0.3 is 0 Å². The molecule has 170 valence electrons. The second kappa shape index (κ2) is 9.27. The number of aromatic nitrogens is 1. The molecule has 1 nitrogen and oxygen atoms in total. The summed E-state index contributed by atoms with van der Waals surface area (Å²) in [5.74, 6) is 1.71. The van der Waals surface area contributed by atoms with Crippen molar-refractivity contribution in [3.63, 3.8) is 0 Å². The van der Waals surface area contributed by atoms with Crippen LogP contribution in [0.4, 0.5) is 0 Å². The lowest BCUT2D eigenvalue weighted by atomic mass is 9.78. The summed E-state index contributed by atoms with van der Waals surface area (Å²) >= 11 is 3.95. The third-order valence-electron chi connectivity index (χ3n) is 6.76. The fraction of sp³-hybridized carbons (Fsp3) is 0.571. The topological polar surface area (TPSA) is 15.8 Å². The van der Waals surface area contributed by atoms with Gasteiger partial charge in [0.05, 0.1) is 0 Å². The Morgan fingerprint density at radius 1 is 0.871 bits per heavy atom. The monoisotopic (exact) mass is 455 g/mol. The Balaban J connectivity index is 1.69. The molecular formula is C28H41NS2. The second-order valence-corrected chi connectivity index (χ2v) is 13.3. The summed E-state index contributed by atoms with van der Waals surface area (Å²) in [6, 6.07) is 9.51. The minimum Gasteiger partial charge on any atom is -0.365 e. The first kappa shape index (κ1) is 24.3. The lowest BCUT2D eigenvalue weighted by Crippen LogP contribution is -2.19. The number of thiophene rings is 2. The molecule has 0 bridgehead atoms. The highest BCUT2D eigenvalue weighted by Crippen LogP contribution is 2.43. The summed E-state index contributed by atoms with van der Waals surface area (Å²) in [6.45, 7) is 21.1. The quantitative estimate of drug-likeness (QED) is 0.330. The van der Waals surface area contributed by atoms with Crippen LogP contribution in [0.2, 0.25) is 0 Å². The molecule has 0 aliphatic rings. The van der Waals surface area contributed by atoms with Crippen molar-refractivity contribution in [2.45, 2.75) is 104 Å². The minimum atomic E-state index is 0.177. The first-order chi connectivity index (χ1) is 14.4. The maximum Gasteiger partial charge on any atom is 0.0178 e. The molecule has 3 rings (SSSR count). The number of hydrogen-bond donors (Lipinski definition) is 1. The Hall–Kier alpha value is -1.32. The van der Waals surface area contributed by atoms with Crippen LogP contribution in [0, 0.1) is 6.92 Å². The van der Waals surface area contributed by atoms with Crippen LogP contribution in [0.15, 0.2) is 35.8 Å². The van der Waals surface area contributed by atoms with E-state index in [4.69, 9.17) is 0 Å². The van der Waals surface area contributed by atoms with E-state index in [1.54, 1.807) is 0 Å². The number of aryl methyl sites for hydroxylation is 1. The predicted octanol–water partition coefficient (Wildman–Crippen LogP) is 9.51. The molecule has 0 fully saturated rings. The zero-order valence-corrected chi connectivity index (χ0v) is 22.6. The van der Waals surface area contributed by atoms with Crippen LogP contribution in [0.1, 0.15) is 117 Å². The van der Waals surface area contributed by atoms with Crippen molar-refractivity contribution < 1.29 is 0 Å². The van der Waals surface area contributed by atoms with Crippen molar-refractivity contribution in [1.82, 2.24) is 4.98 Å². The minimum absolute atomic E-state index is 0.177. The summed E-state index contributed by atoms with van der Waals surface area (Å²) in [7, 11) is 0. The van der Waals surface area contributed by atoms with Crippen LogP contribution in [-0.2, 0) is 10.8 Å². The highest BCUT2D eigenvalue weighted by Gasteiger charge is 2.29. The van der Waals surface area contributed by atoms with Gasteiger partial charge in [0, 0.05) is 26.5 Å². The molecule has 3 heterocycles. The summed E-state index contributed by atoms with van der Waals surface area (Å²) in [5, 5.41) is 2.38. The average molecular weight is 456 g/mol. The molecular weight excluding hydrogens is 414 g/mol. The van der Waals surface area contributed by atoms with Gasteiger partial charge in [0.15, 0.2) is 0 Å². The Morgan fingerprint density at radius 2 is 1.55 bits per heavy atom. The SMILES string of the molecule is Cc1c[nH]c(C(C)CC(C)(C)c2ccc(C(C)CC(C)(C)c3csc(C(C)C)c3)s2)c1. The molecule has 2 unspecified atom stereocenters. The van der Waals surface area contributed by atoms with Crippen LogP contribution in [0.5, 0.6) is 0 Å². The smallest absolute Gasteiger partial charge is 0.0178 e. The molecule has 0 radical (unpaired) electrons. The van der Waals surface area contributed by atoms with E-state index in [0.717, 1.165) is 6.42 Å². The van der Waals surface area contributed by atoms with Crippen LogP contribution in [0.3, 0.4) is 0 Å². The summed E-state index contributed by atoms with van der Waals surface area (Å²) in [6.07, 6.45) is 4.45. The van der Waals surface area contributed by atoms with Gasteiger partial charge in [-0.05, 0) is 89.1 Å². The lowest BCUT2D eigenvalue weighted by molar-refractivity contribution is 0.441. The van der Waals surface area contributed by atoms with E-state index in [2.05, 4.69) is 103 Å². The molecule has 0 saturated heterocycles. The Labute approximate surface area is 198 Å². The van der Waals surface area contributed by atoms with Gasteiger partial charge in [-0.25, -0.2) is 0 Å². The van der Waals surface area contributed by atoms with Gasteiger partial charge in [-0.1, -0.05) is 55.4 Å². The van der Waals surface area contributed by atoms with Gasteiger partial charge in [-0.3, -0.25) is 0 Å². The maximum atomic E-state index is 3.46. The fourth-order valence-corrected chi connectivity index (χ4v) is 7.05. The average Bonchev–Trinajstić information content (AvgIpc) is 3.41. The van der Waals surface area contributed by atoms with Crippen molar-refractivity contribution in [3.8, 4) is 0 Å². The van der Waals surface area contributed by atoms with Gasteiger partial charge in [0.2, 0.25) is 0 Å². The van der Waals surface area contributed by atoms with Crippen LogP contribution >= 0.6 is 22.7 Å². The summed E-state index contributed by atoms with van der Waals surface area (Å²) in [5.41, 5.74) is 4.55. The van der Waals surface area contributed by atoms with Gasteiger partial charge in [-0.15, -0.1) is 22.7 Å². The first-order valence-electron chi connectivity index (χ1n) is 11.7. The van der Waals surface area contributed by atoms with E-state index >= 15 is 0 Å². The molecule has 31 heavy (non-hydrogen) atoms. The van der Waals surface area contributed by atoms with E-state index in [0.29, 0.717) is 17.8 Å². The molecule has 1 N–H and O–H groups in total. The largest absolute Gasteiger partial charge is 0.365 e. The van der Waals surface area contributed by atoms with E-state index in [-0.39, 0.29) is 10.8 Å². The number of hydrogen-bond acceptors (Lipinski definition) is 2. The van der Waals surface area contributed by atoms with Crippen molar-refractivity contribution in [2.24, 2.45) is 0 Å². The van der Waals surface area contributed by atoms with E-state index in [9.17, 15) is 0 Å². The van der Waals surface area contributed by atoms with Crippen molar-refractivity contribution in [2.75, 3.05) is 0 Å². The lowest BCUT2D eigenvalue weighted by Gasteiger charge is -2.28. The van der Waals surface area contributed by atoms with Gasteiger partial charge in [0.25, 0.3) is 0 Å². The zero-order valence-electron chi connectivity index (χ0n) is 20.9. The number of H-pyrrole nitrogens is 1. The number of rotatable bonds is 9. The van der Waals surface area contributed by atoms with Crippen LogP contribution in [-0.4, -0.2) is 4.98 Å².